The molecular formula is C14H19IN2O. The lowest BCUT2D eigenvalue weighted by Gasteiger charge is -2.25. The third-order valence-corrected chi connectivity index (χ3v) is 5.02. The van der Waals surface area contributed by atoms with E-state index in [-0.39, 0.29) is 11.3 Å². The Morgan fingerprint density at radius 1 is 1.44 bits per heavy atom. The van der Waals surface area contributed by atoms with E-state index in [1.54, 1.807) is 0 Å². The minimum Gasteiger partial charge on any atom is -0.329 e. The van der Waals surface area contributed by atoms with E-state index in [4.69, 9.17) is 5.73 Å². The van der Waals surface area contributed by atoms with Crippen LogP contribution in [0.25, 0.3) is 0 Å². The fourth-order valence-electron chi connectivity index (χ4n) is 2.51. The molecule has 0 bridgehead atoms. The van der Waals surface area contributed by atoms with E-state index in [2.05, 4.69) is 34.8 Å². The summed E-state index contributed by atoms with van der Waals surface area (Å²) in [5.74, 6) is 0.0853. The molecule has 2 rings (SSSR count). The number of benzene rings is 1. The molecule has 0 aromatic heterocycles. The number of amides is 1. The molecule has 4 heteroatoms. The van der Waals surface area contributed by atoms with Crippen molar-refractivity contribution < 1.29 is 4.79 Å². The van der Waals surface area contributed by atoms with E-state index in [0.717, 1.165) is 31.4 Å². The number of halogens is 1. The van der Waals surface area contributed by atoms with Crippen LogP contribution in [0.1, 0.15) is 31.2 Å². The van der Waals surface area contributed by atoms with Crippen molar-refractivity contribution in [2.45, 2.75) is 32.6 Å². The van der Waals surface area contributed by atoms with Gasteiger partial charge < -0.3 is 11.1 Å². The molecule has 1 aromatic carbocycles. The molecule has 0 saturated heterocycles. The SMILES string of the molecule is Cc1ccc(NC(=O)C2(CN)CCCC2)cc1I. The molecule has 3 nitrogen and oxygen atoms in total. The standard InChI is InChI=1S/C14H19IN2O/c1-10-4-5-11(8-12(10)15)17-13(18)14(9-16)6-2-3-7-14/h4-5,8H,2-3,6-7,9,16H2,1H3,(H,17,18). The summed E-state index contributed by atoms with van der Waals surface area (Å²) in [7, 11) is 0. The fraction of sp³-hybridized carbons (Fsp3) is 0.500. The van der Waals surface area contributed by atoms with Crippen LogP contribution < -0.4 is 11.1 Å². The molecule has 18 heavy (non-hydrogen) atoms. The Kier molecular flexibility index (Phi) is 4.27. The van der Waals surface area contributed by atoms with Crippen molar-refractivity contribution >= 4 is 34.2 Å². The highest BCUT2D eigenvalue weighted by atomic mass is 127. The number of carbonyl (C=O) groups is 1. The first-order valence-corrected chi connectivity index (χ1v) is 7.43. The molecule has 0 atom stereocenters. The molecule has 1 amide bonds. The topological polar surface area (TPSA) is 55.1 Å². The predicted octanol–water partition coefficient (Wildman–Crippen LogP) is 3.06. The summed E-state index contributed by atoms with van der Waals surface area (Å²) in [6.07, 6.45) is 4.04. The first kappa shape index (κ1) is 13.8. The van der Waals surface area contributed by atoms with Crippen LogP contribution in [-0.4, -0.2) is 12.5 Å². The Hall–Kier alpha value is -0.620. The Morgan fingerprint density at radius 3 is 2.67 bits per heavy atom. The van der Waals surface area contributed by atoms with Gasteiger partial charge in [0.2, 0.25) is 5.91 Å². The van der Waals surface area contributed by atoms with Gasteiger partial charge in [0.05, 0.1) is 5.41 Å². The zero-order chi connectivity index (χ0) is 13.2. The van der Waals surface area contributed by atoms with E-state index < -0.39 is 0 Å². The monoisotopic (exact) mass is 358 g/mol. The van der Waals surface area contributed by atoms with Gasteiger partial charge in [-0.2, -0.15) is 0 Å². The minimum atomic E-state index is -0.337. The number of anilines is 1. The van der Waals surface area contributed by atoms with Crippen LogP contribution in [0, 0.1) is 15.9 Å². The molecule has 0 unspecified atom stereocenters. The largest absolute Gasteiger partial charge is 0.329 e. The molecule has 1 saturated carbocycles. The molecule has 0 spiro atoms. The second-order valence-electron chi connectivity index (χ2n) is 5.11. The summed E-state index contributed by atoms with van der Waals surface area (Å²) < 4.78 is 1.17. The van der Waals surface area contributed by atoms with Gasteiger partial charge in [0, 0.05) is 15.8 Å². The number of nitrogens with one attached hydrogen (secondary N) is 1. The van der Waals surface area contributed by atoms with E-state index >= 15 is 0 Å². The summed E-state index contributed by atoms with van der Waals surface area (Å²) in [4.78, 5) is 12.4. The highest BCUT2D eigenvalue weighted by molar-refractivity contribution is 14.1. The van der Waals surface area contributed by atoms with Crippen molar-refractivity contribution in [2.24, 2.45) is 11.1 Å². The molecule has 1 aromatic rings. The molecule has 98 valence electrons. The maximum atomic E-state index is 12.4. The van der Waals surface area contributed by atoms with Crippen molar-refractivity contribution in [1.29, 1.82) is 0 Å². The van der Waals surface area contributed by atoms with Crippen LogP contribution in [-0.2, 0) is 4.79 Å². The van der Waals surface area contributed by atoms with Gasteiger partial charge in [0.15, 0.2) is 0 Å². The summed E-state index contributed by atoms with van der Waals surface area (Å²) in [6, 6.07) is 5.99. The maximum Gasteiger partial charge on any atom is 0.231 e. The zero-order valence-corrected chi connectivity index (χ0v) is 12.8. The lowest BCUT2D eigenvalue weighted by Crippen LogP contribution is -2.40. The van der Waals surface area contributed by atoms with Crippen LogP contribution >= 0.6 is 22.6 Å². The van der Waals surface area contributed by atoms with E-state index in [1.807, 2.05) is 18.2 Å². The Bertz CT molecular complexity index is 453. The van der Waals surface area contributed by atoms with E-state index in [1.165, 1.54) is 9.13 Å². The molecule has 3 N–H and O–H groups in total. The number of rotatable bonds is 3. The Balaban J connectivity index is 2.13. The molecule has 0 aliphatic heterocycles. The normalized spacial score (nSPS) is 17.7. The molecule has 0 heterocycles. The second-order valence-corrected chi connectivity index (χ2v) is 6.27. The number of carbonyl (C=O) groups excluding carboxylic acids is 1. The lowest BCUT2D eigenvalue weighted by atomic mass is 9.85. The van der Waals surface area contributed by atoms with Gasteiger partial charge in [-0.15, -0.1) is 0 Å². The van der Waals surface area contributed by atoms with Crippen molar-refractivity contribution in [3.05, 3.63) is 27.3 Å². The zero-order valence-electron chi connectivity index (χ0n) is 10.6. The average molecular weight is 358 g/mol. The van der Waals surface area contributed by atoms with Crippen molar-refractivity contribution in [1.82, 2.24) is 0 Å². The minimum absolute atomic E-state index is 0.0853. The van der Waals surface area contributed by atoms with Gasteiger partial charge in [-0.05, 0) is 60.1 Å². The van der Waals surface area contributed by atoms with E-state index in [0.29, 0.717) is 6.54 Å². The first-order valence-electron chi connectivity index (χ1n) is 6.35. The third-order valence-electron chi connectivity index (χ3n) is 3.86. The van der Waals surface area contributed by atoms with Gasteiger partial charge in [-0.25, -0.2) is 0 Å². The molecule has 1 fully saturated rings. The van der Waals surface area contributed by atoms with E-state index in [9.17, 15) is 4.79 Å². The van der Waals surface area contributed by atoms with Crippen LogP contribution in [0.5, 0.6) is 0 Å². The number of hydrogen-bond acceptors (Lipinski definition) is 2. The van der Waals surface area contributed by atoms with Gasteiger partial charge in [0.1, 0.15) is 0 Å². The molecule has 1 aliphatic rings. The molecule has 1 aliphatic carbocycles. The molecule has 0 radical (unpaired) electrons. The maximum absolute atomic E-state index is 12.4. The Labute approximate surface area is 122 Å². The number of aryl methyl sites for hydroxylation is 1. The lowest BCUT2D eigenvalue weighted by molar-refractivity contribution is -0.124. The first-order chi connectivity index (χ1) is 8.57. The molecular weight excluding hydrogens is 339 g/mol. The number of nitrogens with two attached hydrogens (primary N) is 1. The predicted molar refractivity (Wildman–Crippen MR) is 82.5 cm³/mol. The van der Waals surface area contributed by atoms with Gasteiger partial charge in [-0.1, -0.05) is 18.9 Å². The average Bonchev–Trinajstić information content (AvgIpc) is 2.84. The summed E-state index contributed by atoms with van der Waals surface area (Å²) >= 11 is 2.28. The van der Waals surface area contributed by atoms with Crippen LogP contribution in [0.2, 0.25) is 0 Å². The fourth-order valence-corrected chi connectivity index (χ4v) is 3.03. The van der Waals surface area contributed by atoms with Crippen LogP contribution in [0.15, 0.2) is 18.2 Å². The van der Waals surface area contributed by atoms with Crippen LogP contribution in [0.4, 0.5) is 5.69 Å². The summed E-state index contributed by atoms with van der Waals surface area (Å²) in [5, 5.41) is 3.02. The highest BCUT2D eigenvalue weighted by Crippen LogP contribution is 2.38. The Morgan fingerprint density at radius 2 is 2.11 bits per heavy atom. The van der Waals surface area contributed by atoms with Crippen LogP contribution in [0.3, 0.4) is 0 Å². The van der Waals surface area contributed by atoms with Crippen molar-refractivity contribution in [2.75, 3.05) is 11.9 Å². The van der Waals surface area contributed by atoms with Crippen molar-refractivity contribution in [3.63, 3.8) is 0 Å². The van der Waals surface area contributed by atoms with Gasteiger partial charge in [0.25, 0.3) is 0 Å². The quantitative estimate of drug-likeness (QED) is 0.816. The van der Waals surface area contributed by atoms with Gasteiger partial charge >= 0.3 is 0 Å². The smallest absolute Gasteiger partial charge is 0.231 e. The van der Waals surface area contributed by atoms with Gasteiger partial charge in [-0.3, -0.25) is 4.79 Å². The third kappa shape index (κ3) is 2.69. The second kappa shape index (κ2) is 5.57. The number of hydrogen-bond donors (Lipinski definition) is 2. The summed E-state index contributed by atoms with van der Waals surface area (Å²) in [6.45, 7) is 2.51. The van der Waals surface area contributed by atoms with Crippen molar-refractivity contribution in [3.8, 4) is 0 Å². The summed E-state index contributed by atoms with van der Waals surface area (Å²) in [5.41, 5.74) is 7.57. The highest BCUT2D eigenvalue weighted by Gasteiger charge is 2.39.